The first kappa shape index (κ1) is 20.8. The standard InChI is InChI=1S/C20H15ClFN5O3S/c1-11-2-5-13(6-3-11)31(29,30)27-9-8-14-18(25-20(21)26-19(14)27)24-16-7-4-12(22)10-15(16)17(23)28/h2-10H,1H3,(H2,23,28)(H,24,25,26). The minimum atomic E-state index is -3.96. The molecule has 11 heteroatoms. The van der Waals surface area contributed by atoms with Gasteiger partial charge in [0, 0.05) is 6.20 Å². The Morgan fingerprint density at radius 2 is 1.84 bits per heavy atom. The summed E-state index contributed by atoms with van der Waals surface area (Å²) in [5.74, 6) is -1.36. The molecule has 0 spiro atoms. The number of primary amides is 1. The predicted octanol–water partition coefficient (Wildman–Crippen LogP) is 3.61. The summed E-state index contributed by atoms with van der Waals surface area (Å²) < 4.78 is 40.8. The number of hydrogen-bond donors (Lipinski definition) is 2. The van der Waals surface area contributed by atoms with Crippen LogP contribution in [0.5, 0.6) is 0 Å². The number of hydrogen-bond acceptors (Lipinski definition) is 6. The Bertz CT molecular complexity index is 1440. The number of carbonyl (C=O) groups is 1. The fraction of sp³-hybridized carbons (Fsp3) is 0.0500. The van der Waals surface area contributed by atoms with Gasteiger partial charge in [0.1, 0.15) is 11.6 Å². The molecule has 2 aromatic heterocycles. The Morgan fingerprint density at radius 1 is 1.13 bits per heavy atom. The van der Waals surface area contributed by atoms with Gasteiger partial charge in [-0.15, -0.1) is 0 Å². The number of nitrogens with two attached hydrogens (primary N) is 1. The van der Waals surface area contributed by atoms with Crippen LogP contribution in [0.1, 0.15) is 15.9 Å². The molecule has 0 saturated heterocycles. The lowest BCUT2D eigenvalue weighted by Crippen LogP contribution is -2.14. The molecule has 2 aromatic carbocycles. The zero-order chi connectivity index (χ0) is 22.3. The highest BCUT2D eigenvalue weighted by Gasteiger charge is 2.22. The van der Waals surface area contributed by atoms with Crippen molar-refractivity contribution < 1.29 is 17.6 Å². The second-order valence-corrected chi connectivity index (χ2v) is 8.84. The SMILES string of the molecule is Cc1ccc(S(=O)(=O)n2ccc3c(Nc4ccc(F)cc4C(N)=O)nc(Cl)nc32)cc1. The predicted molar refractivity (Wildman–Crippen MR) is 115 cm³/mol. The molecule has 158 valence electrons. The molecule has 4 rings (SSSR count). The molecule has 31 heavy (non-hydrogen) atoms. The third-order valence-electron chi connectivity index (χ3n) is 4.56. The van der Waals surface area contributed by atoms with Crippen LogP contribution in [-0.2, 0) is 10.0 Å². The lowest BCUT2D eigenvalue weighted by Gasteiger charge is -2.12. The van der Waals surface area contributed by atoms with Gasteiger partial charge >= 0.3 is 0 Å². The number of amides is 1. The number of nitrogens with one attached hydrogen (secondary N) is 1. The highest BCUT2D eigenvalue weighted by atomic mass is 35.5. The first-order valence-corrected chi connectivity index (χ1v) is 10.7. The highest BCUT2D eigenvalue weighted by Crippen LogP contribution is 2.30. The van der Waals surface area contributed by atoms with Crippen LogP contribution in [0.25, 0.3) is 11.0 Å². The maximum absolute atomic E-state index is 13.5. The van der Waals surface area contributed by atoms with E-state index in [9.17, 15) is 17.6 Å². The van der Waals surface area contributed by atoms with E-state index in [4.69, 9.17) is 17.3 Å². The second-order valence-electron chi connectivity index (χ2n) is 6.69. The van der Waals surface area contributed by atoms with Crippen molar-refractivity contribution in [1.29, 1.82) is 0 Å². The van der Waals surface area contributed by atoms with Crippen molar-refractivity contribution in [2.45, 2.75) is 11.8 Å². The summed E-state index contributed by atoms with van der Waals surface area (Å²) in [6.45, 7) is 1.85. The molecule has 0 aliphatic rings. The van der Waals surface area contributed by atoms with Crippen LogP contribution >= 0.6 is 11.6 Å². The number of aryl methyl sites for hydroxylation is 1. The van der Waals surface area contributed by atoms with E-state index in [1.807, 2.05) is 6.92 Å². The van der Waals surface area contributed by atoms with Gasteiger partial charge < -0.3 is 11.1 Å². The monoisotopic (exact) mass is 459 g/mol. The first-order valence-electron chi connectivity index (χ1n) is 8.90. The van der Waals surface area contributed by atoms with Crippen molar-refractivity contribution >= 4 is 50.1 Å². The third-order valence-corrected chi connectivity index (χ3v) is 6.41. The molecule has 0 fully saturated rings. The quantitative estimate of drug-likeness (QED) is 0.440. The maximum Gasteiger partial charge on any atom is 0.269 e. The molecule has 0 saturated carbocycles. The van der Waals surface area contributed by atoms with Crippen molar-refractivity contribution in [3.63, 3.8) is 0 Å². The van der Waals surface area contributed by atoms with E-state index < -0.39 is 21.7 Å². The molecular formula is C20H15ClFN5O3S. The second kappa shape index (κ2) is 7.64. The zero-order valence-corrected chi connectivity index (χ0v) is 17.6. The molecular weight excluding hydrogens is 445 g/mol. The normalized spacial score (nSPS) is 11.6. The smallest absolute Gasteiger partial charge is 0.269 e. The molecule has 3 N–H and O–H groups in total. The molecule has 0 aliphatic heterocycles. The minimum Gasteiger partial charge on any atom is -0.366 e. The van der Waals surface area contributed by atoms with Gasteiger partial charge in [-0.2, -0.15) is 9.97 Å². The zero-order valence-electron chi connectivity index (χ0n) is 16.0. The maximum atomic E-state index is 13.5. The van der Waals surface area contributed by atoms with Gasteiger partial charge in [-0.3, -0.25) is 4.79 Å². The van der Waals surface area contributed by atoms with Crippen LogP contribution in [0.15, 0.2) is 59.6 Å². The summed E-state index contributed by atoms with van der Waals surface area (Å²) in [5, 5.41) is 2.96. The Labute approximate surface area is 181 Å². The molecule has 0 unspecified atom stereocenters. The number of halogens is 2. The molecule has 0 radical (unpaired) electrons. The van der Waals surface area contributed by atoms with E-state index in [1.54, 1.807) is 12.1 Å². The van der Waals surface area contributed by atoms with Gasteiger partial charge in [0.05, 0.1) is 21.5 Å². The molecule has 4 aromatic rings. The molecule has 0 atom stereocenters. The van der Waals surface area contributed by atoms with Gasteiger partial charge in [0.2, 0.25) is 5.28 Å². The van der Waals surface area contributed by atoms with Crippen molar-refractivity contribution in [3.05, 3.63) is 77.0 Å². The molecule has 0 aliphatic carbocycles. The van der Waals surface area contributed by atoms with Crippen LogP contribution in [0.3, 0.4) is 0 Å². The number of benzene rings is 2. The van der Waals surface area contributed by atoms with E-state index in [2.05, 4.69) is 15.3 Å². The Morgan fingerprint density at radius 3 is 2.52 bits per heavy atom. The van der Waals surface area contributed by atoms with Crippen molar-refractivity contribution in [3.8, 4) is 0 Å². The Hall–Kier alpha value is -3.50. The Kier molecular flexibility index (Phi) is 5.11. The lowest BCUT2D eigenvalue weighted by atomic mass is 10.1. The van der Waals surface area contributed by atoms with E-state index in [1.165, 1.54) is 30.5 Å². The molecule has 0 bridgehead atoms. The topological polar surface area (TPSA) is 120 Å². The average molecular weight is 460 g/mol. The van der Waals surface area contributed by atoms with Crippen LogP contribution in [0.4, 0.5) is 15.9 Å². The summed E-state index contributed by atoms with van der Waals surface area (Å²) in [6.07, 6.45) is 1.33. The van der Waals surface area contributed by atoms with Gasteiger partial charge in [-0.1, -0.05) is 17.7 Å². The van der Waals surface area contributed by atoms with Crippen molar-refractivity contribution in [2.24, 2.45) is 5.73 Å². The Balaban J connectivity index is 1.85. The van der Waals surface area contributed by atoms with Gasteiger partial charge in [0.25, 0.3) is 15.9 Å². The number of rotatable bonds is 5. The summed E-state index contributed by atoms with van der Waals surface area (Å²) in [4.78, 5) is 19.9. The first-order chi connectivity index (χ1) is 14.7. The van der Waals surface area contributed by atoms with Crippen LogP contribution in [0, 0.1) is 12.7 Å². The fourth-order valence-corrected chi connectivity index (χ4v) is 4.49. The van der Waals surface area contributed by atoms with Crippen LogP contribution < -0.4 is 11.1 Å². The summed E-state index contributed by atoms with van der Waals surface area (Å²) in [7, 11) is -3.96. The summed E-state index contributed by atoms with van der Waals surface area (Å²) in [5.41, 5.74) is 6.35. The number of carbonyl (C=O) groups excluding carboxylic acids is 1. The number of aromatic nitrogens is 3. The summed E-state index contributed by atoms with van der Waals surface area (Å²) >= 11 is 6.04. The van der Waals surface area contributed by atoms with Crippen molar-refractivity contribution in [2.75, 3.05) is 5.32 Å². The molecule has 8 nitrogen and oxygen atoms in total. The van der Waals surface area contributed by atoms with Crippen molar-refractivity contribution in [1.82, 2.24) is 13.9 Å². The number of anilines is 2. The minimum absolute atomic E-state index is 0.0332. The lowest BCUT2D eigenvalue weighted by molar-refractivity contribution is 0.100. The average Bonchev–Trinajstić information content (AvgIpc) is 3.14. The summed E-state index contributed by atoms with van der Waals surface area (Å²) in [6, 6.07) is 11.3. The van der Waals surface area contributed by atoms with E-state index in [0.29, 0.717) is 5.39 Å². The molecule has 1 amide bonds. The highest BCUT2D eigenvalue weighted by molar-refractivity contribution is 7.90. The van der Waals surface area contributed by atoms with Gasteiger partial charge in [-0.25, -0.2) is 16.8 Å². The fourth-order valence-electron chi connectivity index (χ4n) is 3.04. The van der Waals surface area contributed by atoms with E-state index >= 15 is 0 Å². The van der Waals surface area contributed by atoms with E-state index in [-0.39, 0.29) is 32.9 Å². The van der Waals surface area contributed by atoms with Gasteiger partial charge in [-0.05, 0) is 54.9 Å². The van der Waals surface area contributed by atoms with Gasteiger partial charge in [0.15, 0.2) is 5.65 Å². The van der Waals surface area contributed by atoms with Crippen LogP contribution in [-0.4, -0.2) is 28.3 Å². The molecule has 2 heterocycles. The van der Waals surface area contributed by atoms with Crippen LogP contribution in [0.2, 0.25) is 5.28 Å². The largest absolute Gasteiger partial charge is 0.366 e. The number of fused-ring (bicyclic) bond motifs is 1. The third kappa shape index (κ3) is 3.82. The number of nitrogens with zero attached hydrogens (tertiary/aromatic N) is 3. The van der Waals surface area contributed by atoms with E-state index in [0.717, 1.165) is 21.7 Å².